The van der Waals surface area contributed by atoms with Gasteiger partial charge in [-0.1, -0.05) is 166 Å². The van der Waals surface area contributed by atoms with E-state index in [0.29, 0.717) is 0 Å². The molecule has 0 saturated carbocycles. The van der Waals surface area contributed by atoms with Crippen LogP contribution in [0.1, 0.15) is 25.0 Å². The van der Waals surface area contributed by atoms with E-state index in [1.807, 2.05) is 6.07 Å². The maximum Gasteiger partial charge on any atom is 0.136 e. The number of nitrogens with zero attached hydrogens (tertiary/aromatic N) is 1. The van der Waals surface area contributed by atoms with E-state index in [4.69, 9.17) is 4.42 Å². The average molecular weight is 704 g/mol. The van der Waals surface area contributed by atoms with Gasteiger partial charge in [-0.2, -0.15) is 0 Å². The molecule has 0 spiro atoms. The van der Waals surface area contributed by atoms with Crippen LogP contribution in [0.3, 0.4) is 0 Å². The molecule has 260 valence electrons. The van der Waals surface area contributed by atoms with E-state index in [1.165, 1.54) is 54.9 Å². The first-order chi connectivity index (χ1) is 27.1. The van der Waals surface area contributed by atoms with Gasteiger partial charge < -0.3 is 9.32 Å². The van der Waals surface area contributed by atoms with Crippen molar-refractivity contribution in [1.82, 2.24) is 0 Å². The van der Waals surface area contributed by atoms with Crippen LogP contribution >= 0.6 is 0 Å². The zero-order valence-electron chi connectivity index (χ0n) is 30.8. The summed E-state index contributed by atoms with van der Waals surface area (Å²) < 4.78 is 6.42. The van der Waals surface area contributed by atoms with Crippen molar-refractivity contribution in [3.63, 3.8) is 0 Å². The van der Waals surface area contributed by atoms with Crippen LogP contribution in [0.25, 0.3) is 76.9 Å². The smallest absolute Gasteiger partial charge is 0.136 e. The lowest BCUT2D eigenvalue weighted by atomic mass is 9.82. The molecule has 0 atom stereocenters. The highest BCUT2D eigenvalue weighted by atomic mass is 16.3. The zero-order valence-corrected chi connectivity index (χ0v) is 30.8. The lowest BCUT2D eigenvalue weighted by Gasteiger charge is -2.30. The van der Waals surface area contributed by atoms with Crippen molar-refractivity contribution in [1.29, 1.82) is 0 Å². The SMILES string of the molecule is CC1(C)c2ccccc2-c2cc(N(c3ccccc3-c3cccc4oc5ccccc5c34)c3ccc(-c4cccc5ccccc45)c4ccccc34)ccc21. The van der Waals surface area contributed by atoms with Gasteiger partial charge in [0.2, 0.25) is 0 Å². The Morgan fingerprint density at radius 3 is 1.87 bits per heavy atom. The summed E-state index contributed by atoms with van der Waals surface area (Å²) >= 11 is 0. The number of benzene rings is 9. The van der Waals surface area contributed by atoms with Crippen LogP contribution in [0.4, 0.5) is 17.1 Å². The molecule has 55 heavy (non-hydrogen) atoms. The summed E-state index contributed by atoms with van der Waals surface area (Å²) in [5, 5.41) is 7.16. The first kappa shape index (κ1) is 31.6. The Labute approximate surface area is 320 Å². The predicted molar refractivity (Wildman–Crippen MR) is 232 cm³/mol. The van der Waals surface area contributed by atoms with Gasteiger partial charge in [0.25, 0.3) is 0 Å². The van der Waals surface area contributed by atoms with Gasteiger partial charge in [-0.25, -0.2) is 0 Å². The van der Waals surface area contributed by atoms with Crippen molar-refractivity contribution in [3.05, 3.63) is 199 Å². The van der Waals surface area contributed by atoms with Crippen LogP contribution in [0, 0.1) is 0 Å². The molecule has 2 heteroatoms. The summed E-state index contributed by atoms with van der Waals surface area (Å²) in [4.78, 5) is 2.49. The fourth-order valence-electron chi connectivity index (χ4n) is 9.32. The van der Waals surface area contributed by atoms with Gasteiger partial charge in [-0.3, -0.25) is 0 Å². The minimum atomic E-state index is -0.0853. The zero-order chi connectivity index (χ0) is 36.7. The first-order valence-corrected chi connectivity index (χ1v) is 19.1. The van der Waals surface area contributed by atoms with Crippen molar-refractivity contribution in [2.75, 3.05) is 4.90 Å². The van der Waals surface area contributed by atoms with Gasteiger partial charge in [0.15, 0.2) is 0 Å². The van der Waals surface area contributed by atoms with Crippen molar-refractivity contribution < 1.29 is 4.42 Å². The Morgan fingerprint density at radius 1 is 0.382 bits per heavy atom. The molecule has 9 aromatic carbocycles. The molecule has 10 aromatic rings. The largest absolute Gasteiger partial charge is 0.456 e. The molecule has 0 fully saturated rings. The minimum absolute atomic E-state index is 0.0853. The van der Waals surface area contributed by atoms with E-state index in [-0.39, 0.29) is 5.41 Å². The van der Waals surface area contributed by atoms with E-state index < -0.39 is 0 Å². The van der Waals surface area contributed by atoms with E-state index in [1.54, 1.807) is 0 Å². The van der Waals surface area contributed by atoms with E-state index >= 15 is 0 Å². The summed E-state index contributed by atoms with van der Waals surface area (Å²) in [5.41, 5.74) is 15.1. The quantitative estimate of drug-likeness (QED) is 0.177. The average Bonchev–Trinajstić information content (AvgIpc) is 3.73. The van der Waals surface area contributed by atoms with Crippen LogP contribution in [0.15, 0.2) is 192 Å². The Morgan fingerprint density at radius 2 is 0.982 bits per heavy atom. The van der Waals surface area contributed by atoms with Gasteiger partial charge in [0.1, 0.15) is 11.2 Å². The molecule has 1 aliphatic carbocycles. The third kappa shape index (κ3) is 4.74. The van der Waals surface area contributed by atoms with E-state index in [2.05, 4.69) is 201 Å². The van der Waals surface area contributed by atoms with E-state index in [9.17, 15) is 0 Å². The van der Waals surface area contributed by atoms with Gasteiger partial charge in [-0.05, 0) is 91.5 Å². The molecule has 1 aliphatic rings. The van der Waals surface area contributed by atoms with Crippen LogP contribution in [0.2, 0.25) is 0 Å². The molecule has 0 bridgehead atoms. The predicted octanol–water partition coefficient (Wildman–Crippen LogP) is 15.0. The summed E-state index contributed by atoms with van der Waals surface area (Å²) in [5.74, 6) is 0. The van der Waals surface area contributed by atoms with Gasteiger partial charge in [0, 0.05) is 32.8 Å². The molecule has 2 nitrogen and oxygen atoms in total. The van der Waals surface area contributed by atoms with Crippen LogP contribution in [-0.2, 0) is 5.41 Å². The lowest BCUT2D eigenvalue weighted by Crippen LogP contribution is -2.15. The standard InChI is InChI=1S/C53H37NO/c1-53(2)46-25-10-7-19-40(46)45-33-35(29-31-47(45)53)54(48-26-11-8-21-42(48)43-24-14-28-51-52(43)44-22-9-12-27-50(44)55-51)49-32-30-39(38-18-5-6-20-41(38)49)37-23-13-16-34-15-3-4-17-36(34)37/h3-33H,1-2H3. The van der Waals surface area contributed by atoms with E-state index in [0.717, 1.165) is 50.1 Å². The number of hydrogen-bond acceptors (Lipinski definition) is 2. The fraction of sp³-hybridized carbons (Fsp3) is 0.0566. The number of para-hydroxylation sites is 2. The number of anilines is 3. The summed E-state index contributed by atoms with van der Waals surface area (Å²) in [6.45, 7) is 4.69. The summed E-state index contributed by atoms with van der Waals surface area (Å²) in [6.07, 6.45) is 0. The lowest BCUT2D eigenvalue weighted by molar-refractivity contribution is 0.660. The topological polar surface area (TPSA) is 16.4 Å². The second-order valence-corrected chi connectivity index (χ2v) is 15.2. The number of fused-ring (bicyclic) bond motifs is 8. The Balaban J connectivity index is 1.20. The number of furan rings is 1. The van der Waals surface area contributed by atoms with Crippen LogP contribution in [0.5, 0.6) is 0 Å². The molecule has 0 radical (unpaired) electrons. The van der Waals surface area contributed by atoms with Crippen LogP contribution < -0.4 is 4.90 Å². The number of rotatable bonds is 5. The van der Waals surface area contributed by atoms with Crippen molar-refractivity contribution in [2.45, 2.75) is 19.3 Å². The molecule has 1 aromatic heterocycles. The molecule has 0 amide bonds. The molecule has 11 rings (SSSR count). The monoisotopic (exact) mass is 703 g/mol. The van der Waals surface area contributed by atoms with Gasteiger partial charge in [-0.15, -0.1) is 0 Å². The normalized spacial score (nSPS) is 13.1. The van der Waals surface area contributed by atoms with Crippen LogP contribution in [-0.4, -0.2) is 0 Å². The molecule has 0 aliphatic heterocycles. The molecule has 1 heterocycles. The van der Waals surface area contributed by atoms with Crippen molar-refractivity contribution >= 4 is 60.5 Å². The molecule has 0 N–H and O–H groups in total. The molecular weight excluding hydrogens is 667 g/mol. The minimum Gasteiger partial charge on any atom is -0.456 e. The Kier molecular flexibility index (Phi) is 6.93. The maximum absolute atomic E-state index is 6.42. The van der Waals surface area contributed by atoms with Gasteiger partial charge >= 0.3 is 0 Å². The van der Waals surface area contributed by atoms with Crippen molar-refractivity contribution in [3.8, 4) is 33.4 Å². The molecule has 0 saturated heterocycles. The Bertz CT molecular complexity index is 3140. The highest BCUT2D eigenvalue weighted by Crippen LogP contribution is 2.52. The molecular formula is C53H37NO. The second-order valence-electron chi connectivity index (χ2n) is 15.2. The highest BCUT2D eigenvalue weighted by Gasteiger charge is 2.36. The van der Waals surface area contributed by atoms with Gasteiger partial charge in [0.05, 0.1) is 11.4 Å². The molecule has 0 unspecified atom stereocenters. The third-order valence-electron chi connectivity index (χ3n) is 11.9. The summed E-state index contributed by atoms with van der Waals surface area (Å²) in [6, 6.07) is 68.5. The van der Waals surface area contributed by atoms with Crippen molar-refractivity contribution in [2.24, 2.45) is 0 Å². The third-order valence-corrected chi connectivity index (χ3v) is 11.9. The summed E-state index contributed by atoms with van der Waals surface area (Å²) in [7, 11) is 0. The number of hydrogen-bond donors (Lipinski definition) is 0. The first-order valence-electron chi connectivity index (χ1n) is 19.1. The maximum atomic E-state index is 6.42. The second kappa shape index (κ2) is 12.1. The highest BCUT2D eigenvalue weighted by molar-refractivity contribution is 6.15. The Hall–Kier alpha value is -6.90. The fourth-order valence-corrected chi connectivity index (χ4v) is 9.32.